The van der Waals surface area contributed by atoms with Crippen molar-refractivity contribution < 1.29 is 14.3 Å². The first-order valence-corrected chi connectivity index (χ1v) is 12.7. The largest absolute Gasteiger partial charge is 0.458 e. The molecule has 2 N–H and O–H groups in total. The molecule has 0 saturated carbocycles. The van der Waals surface area contributed by atoms with Crippen molar-refractivity contribution in [1.29, 1.82) is 5.26 Å². The summed E-state index contributed by atoms with van der Waals surface area (Å²) in [7, 11) is 0. The van der Waals surface area contributed by atoms with Crippen LogP contribution in [0.3, 0.4) is 0 Å². The normalized spacial score (nSPS) is 15.2. The second-order valence-corrected chi connectivity index (χ2v) is 9.92. The molecule has 3 rings (SSSR count). The molecule has 0 radical (unpaired) electrons. The van der Waals surface area contributed by atoms with Gasteiger partial charge in [-0.2, -0.15) is 5.26 Å². The Morgan fingerprint density at radius 1 is 1.19 bits per heavy atom. The van der Waals surface area contributed by atoms with Crippen LogP contribution < -0.4 is 10.6 Å². The Hall–Kier alpha value is -3.47. The number of nitriles is 1. The van der Waals surface area contributed by atoms with Crippen molar-refractivity contribution in [1.82, 2.24) is 5.32 Å². The second-order valence-electron chi connectivity index (χ2n) is 8.50. The molecule has 0 saturated heterocycles. The van der Waals surface area contributed by atoms with Crippen LogP contribution in [0.1, 0.15) is 35.1 Å². The lowest BCUT2D eigenvalue weighted by Gasteiger charge is -2.29. The molecular weight excluding hydrogens is 494 g/mol. The van der Waals surface area contributed by atoms with Crippen LogP contribution in [0.5, 0.6) is 0 Å². The van der Waals surface area contributed by atoms with E-state index in [1.807, 2.05) is 32.9 Å². The highest BCUT2D eigenvalue weighted by molar-refractivity contribution is 8.03. The van der Waals surface area contributed by atoms with Gasteiger partial charge < -0.3 is 15.4 Å². The summed E-state index contributed by atoms with van der Waals surface area (Å²) in [5.74, 6) is -1.32. The molecule has 0 bridgehead atoms. The number of aryl methyl sites for hydroxylation is 3. The summed E-state index contributed by atoms with van der Waals surface area (Å²) in [6.07, 6.45) is 1.49. The van der Waals surface area contributed by atoms with E-state index in [1.165, 1.54) is 17.8 Å². The molecule has 186 valence electrons. The summed E-state index contributed by atoms with van der Waals surface area (Å²) in [4.78, 5) is 25.8. The third kappa shape index (κ3) is 6.20. The van der Waals surface area contributed by atoms with E-state index in [0.29, 0.717) is 26.9 Å². The first-order chi connectivity index (χ1) is 17.2. The summed E-state index contributed by atoms with van der Waals surface area (Å²) in [6.45, 7) is 11.3. The Morgan fingerprint density at radius 2 is 1.83 bits per heavy atom. The first-order valence-electron chi connectivity index (χ1n) is 11.3. The third-order valence-corrected chi connectivity index (χ3v) is 6.96. The van der Waals surface area contributed by atoms with Gasteiger partial charge >= 0.3 is 5.97 Å². The van der Waals surface area contributed by atoms with Crippen LogP contribution in [0.15, 0.2) is 70.9 Å². The van der Waals surface area contributed by atoms with Gasteiger partial charge in [0.25, 0.3) is 0 Å². The minimum Gasteiger partial charge on any atom is -0.458 e. The number of thioether (sulfide) groups is 1. The van der Waals surface area contributed by atoms with Crippen LogP contribution >= 0.6 is 23.4 Å². The van der Waals surface area contributed by atoms with E-state index in [0.717, 1.165) is 27.9 Å². The zero-order valence-electron chi connectivity index (χ0n) is 20.7. The van der Waals surface area contributed by atoms with Crippen molar-refractivity contribution in [2.24, 2.45) is 0 Å². The minimum absolute atomic E-state index is 0.0498. The van der Waals surface area contributed by atoms with Gasteiger partial charge in [-0.25, -0.2) is 4.79 Å². The minimum atomic E-state index is -0.669. The number of anilines is 1. The number of ether oxygens (including phenoxy) is 1. The lowest BCUT2D eigenvalue weighted by atomic mass is 9.82. The number of carbonyl (C=O) groups excluding carboxylic acids is 2. The average Bonchev–Trinajstić information content (AvgIpc) is 2.83. The van der Waals surface area contributed by atoms with E-state index in [1.54, 1.807) is 31.2 Å². The maximum atomic E-state index is 12.9. The summed E-state index contributed by atoms with van der Waals surface area (Å²) in [5.41, 5.74) is 5.83. The predicted molar refractivity (Wildman–Crippen MR) is 146 cm³/mol. The fourth-order valence-electron chi connectivity index (χ4n) is 4.19. The number of esters is 1. The van der Waals surface area contributed by atoms with Crippen LogP contribution in [0.2, 0.25) is 5.02 Å². The SMILES string of the molecule is C=CCOC(=O)C1=C(C)NC(SCC(=O)Nc2c(C)cc(C)cc2C)=C(C#N)C1c1ccc(Cl)cc1. The highest BCUT2D eigenvalue weighted by atomic mass is 35.5. The van der Waals surface area contributed by atoms with Crippen molar-refractivity contribution >= 4 is 40.9 Å². The van der Waals surface area contributed by atoms with Crippen molar-refractivity contribution in [3.8, 4) is 6.07 Å². The number of nitrogens with zero attached hydrogens (tertiary/aromatic N) is 1. The van der Waals surface area contributed by atoms with Crippen LogP contribution in [0, 0.1) is 32.1 Å². The Morgan fingerprint density at radius 3 is 2.42 bits per heavy atom. The maximum Gasteiger partial charge on any atom is 0.337 e. The fourth-order valence-corrected chi connectivity index (χ4v) is 5.21. The van der Waals surface area contributed by atoms with E-state index in [2.05, 4.69) is 23.3 Å². The summed E-state index contributed by atoms with van der Waals surface area (Å²) in [6, 6.07) is 13.3. The highest BCUT2D eigenvalue weighted by Gasteiger charge is 2.35. The zero-order chi connectivity index (χ0) is 26.4. The van der Waals surface area contributed by atoms with E-state index < -0.39 is 11.9 Å². The molecule has 1 unspecified atom stereocenters. The molecule has 0 aliphatic carbocycles. The molecule has 36 heavy (non-hydrogen) atoms. The molecule has 1 aliphatic heterocycles. The molecule has 0 fully saturated rings. The number of hydrogen-bond acceptors (Lipinski definition) is 6. The van der Waals surface area contributed by atoms with Gasteiger partial charge in [0.2, 0.25) is 5.91 Å². The molecule has 0 aromatic heterocycles. The lowest BCUT2D eigenvalue weighted by Crippen LogP contribution is -2.29. The van der Waals surface area contributed by atoms with Gasteiger partial charge in [-0.15, -0.1) is 0 Å². The lowest BCUT2D eigenvalue weighted by molar-refractivity contribution is -0.138. The van der Waals surface area contributed by atoms with E-state index in [9.17, 15) is 14.9 Å². The number of nitrogens with one attached hydrogen (secondary N) is 2. The van der Waals surface area contributed by atoms with Crippen LogP contribution in [-0.4, -0.2) is 24.2 Å². The van der Waals surface area contributed by atoms with Crippen molar-refractivity contribution in [3.05, 3.63) is 98.2 Å². The van der Waals surface area contributed by atoms with E-state index in [-0.39, 0.29) is 18.3 Å². The molecule has 8 heteroatoms. The number of carbonyl (C=O) groups is 2. The van der Waals surface area contributed by atoms with E-state index >= 15 is 0 Å². The Labute approximate surface area is 221 Å². The monoisotopic (exact) mass is 521 g/mol. The highest BCUT2D eigenvalue weighted by Crippen LogP contribution is 2.41. The van der Waals surface area contributed by atoms with Gasteiger partial charge in [-0.1, -0.05) is 65.8 Å². The second kappa shape index (κ2) is 12.0. The summed E-state index contributed by atoms with van der Waals surface area (Å²) < 4.78 is 5.32. The quantitative estimate of drug-likeness (QED) is 0.324. The number of hydrogen-bond donors (Lipinski definition) is 2. The Balaban J connectivity index is 1.90. The Kier molecular flexibility index (Phi) is 9.03. The van der Waals surface area contributed by atoms with Crippen LogP contribution in [0.4, 0.5) is 5.69 Å². The maximum absolute atomic E-state index is 12.9. The standard InChI is InChI=1S/C28H28ClN3O3S/c1-6-11-35-28(34)24-19(5)31-27(22(14-30)25(24)20-7-9-21(29)10-8-20)36-15-23(33)32-26-17(3)12-16(2)13-18(26)4/h6-10,12-13,25,31H,1,11,15H2,2-5H3,(H,32,33). The third-order valence-electron chi connectivity index (χ3n) is 5.69. The summed E-state index contributed by atoms with van der Waals surface area (Å²) >= 11 is 7.29. The van der Waals surface area contributed by atoms with Crippen molar-refractivity contribution in [2.45, 2.75) is 33.6 Å². The van der Waals surface area contributed by atoms with Gasteiger partial charge in [0.05, 0.1) is 33.9 Å². The van der Waals surface area contributed by atoms with Gasteiger partial charge in [-0.05, 0) is 56.5 Å². The van der Waals surface area contributed by atoms with Crippen molar-refractivity contribution in [3.63, 3.8) is 0 Å². The van der Waals surface area contributed by atoms with Crippen LogP contribution in [0.25, 0.3) is 0 Å². The molecule has 1 heterocycles. The van der Waals surface area contributed by atoms with E-state index in [4.69, 9.17) is 16.3 Å². The van der Waals surface area contributed by atoms with Crippen LogP contribution in [-0.2, 0) is 14.3 Å². The molecule has 6 nitrogen and oxygen atoms in total. The number of benzene rings is 2. The molecule has 1 aliphatic rings. The molecule has 2 aromatic carbocycles. The topological polar surface area (TPSA) is 91.2 Å². The zero-order valence-corrected chi connectivity index (χ0v) is 22.3. The number of dihydropyridines is 1. The molecule has 0 spiro atoms. The molecule has 1 atom stereocenters. The van der Waals surface area contributed by atoms with Gasteiger partial charge in [0.15, 0.2) is 0 Å². The predicted octanol–water partition coefficient (Wildman–Crippen LogP) is 6.06. The fraction of sp³-hybridized carbons (Fsp3) is 0.250. The average molecular weight is 522 g/mol. The van der Waals surface area contributed by atoms with Crippen molar-refractivity contribution in [2.75, 3.05) is 17.7 Å². The van der Waals surface area contributed by atoms with Gasteiger partial charge in [0.1, 0.15) is 6.61 Å². The number of rotatable bonds is 8. The Bertz CT molecular complexity index is 1280. The number of halogens is 1. The molecular formula is C28H28ClN3O3S. The number of allylic oxidation sites excluding steroid dienone is 2. The molecule has 1 amide bonds. The van der Waals surface area contributed by atoms with Gasteiger partial charge in [0, 0.05) is 16.4 Å². The van der Waals surface area contributed by atoms with Gasteiger partial charge in [-0.3, -0.25) is 4.79 Å². The first kappa shape index (κ1) is 27.1. The number of amides is 1. The summed E-state index contributed by atoms with van der Waals surface area (Å²) in [5, 5.41) is 17.3. The molecule has 2 aromatic rings. The smallest absolute Gasteiger partial charge is 0.337 e.